The Hall–Kier alpha value is -7.05. The van der Waals surface area contributed by atoms with E-state index in [1.54, 1.807) is 0 Å². The third-order valence-corrected chi connectivity index (χ3v) is 13.7. The average molecular weight is 1250 g/mol. The first-order chi connectivity index (χ1) is 41.2. The molecule has 0 aliphatic heterocycles. The molecule has 0 aromatic carbocycles. The van der Waals surface area contributed by atoms with Gasteiger partial charge in [-0.25, -0.2) is 0 Å². The first kappa shape index (κ1) is 81.0. The summed E-state index contributed by atoms with van der Waals surface area (Å²) in [7, 11) is 0. The van der Waals surface area contributed by atoms with Gasteiger partial charge in [0.15, 0.2) is 0 Å². The Balaban J connectivity index is 6.01. The van der Waals surface area contributed by atoms with Crippen molar-refractivity contribution in [2.45, 2.75) is 213 Å². The number of hydrogen-bond donors (Lipinski definition) is 17. The van der Waals surface area contributed by atoms with Crippen molar-refractivity contribution >= 4 is 76.8 Å². The molecule has 0 rings (SSSR count). The molecule has 0 fully saturated rings. The van der Waals surface area contributed by atoms with Gasteiger partial charge in [0.05, 0.1) is 26.2 Å². The van der Waals surface area contributed by atoms with Gasteiger partial charge in [-0.05, 0) is 185 Å². The molecule has 0 radical (unpaired) electrons. The molecule has 0 spiro atoms. The summed E-state index contributed by atoms with van der Waals surface area (Å²) in [6.07, 6.45) is 5.53. The number of carbonyl (C=O) groups excluding carboxylic acids is 13. The van der Waals surface area contributed by atoms with Crippen LogP contribution in [0.5, 0.6) is 0 Å². The zero-order chi connectivity index (χ0) is 67.1. The number of nitrogens with one attached hydrogen (secondary N) is 16. The molecule has 0 saturated heterocycles. The fourth-order valence-electron chi connectivity index (χ4n) is 8.50. The molecule has 0 aliphatic rings. The van der Waals surface area contributed by atoms with E-state index >= 15 is 0 Å². The van der Waals surface area contributed by atoms with E-state index in [-0.39, 0.29) is 19.3 Å². The zero-order valence-corrected chi connectivity index (χ0v) is 54.7. The van der Waals surface area contributed by atoms with Crippen molar-refractivity contribution in [1.29, 1.82) is 0 Å². The quantitative estimate of drug-likeness (QED) is 0.0264. The van der Waals surface area contributed by atoms with Crippen molar-refractivity contribution in [1.82, 2.24) is 85.1 Å². The second-order valence-corrected chi connectivity index (χ2v) is 23.7. The van der Waals surface area contributed by atoms with Gasteiger partial charge in [-0.3, -0.25) is 62.3 Å². The van der Waals surface area contributed by atoms with E-state index in [0.717, 1.165) is 26.1 Å². The van der Waals surface area contributed by atoms with Crippen molar-refractivity contribution in [2.75, 3.05) is 78.5 Å². The van der Waals surface area contributed by atoms with Crippen LogP contribution in [0.3, 0.4) is 0 Å². The van der Waals surface area contributed by atoms with Crippen molar-refractivity contribution < 1.29 is 62.3 Å². The maximum Gasteiger partial charge on any atom is 0.245 e. The topological polar surface area (TPSA) is 440 Å². The summed E-state index contributed by atoms with van der Waals surface area (Å²) in [5.41, 5.74) is -1.21. The summed E-state index contributed by atoms with van der Waals surface area (Å²) >= 11 is 0. The average Bonchev–Trinajstić information content (AvgIpc) is 3.61. The van der Waals surface area contributed by atoms with Gasteiger partial charge in [0, 0.05) is 6.92 Å². The molecule has 0 aliphatic carbocycles. The molecule has 0 aromatic rings. The molecule has 13 amide bonds. The maximum atomic E-state index is 13.9. The Morgan fingerprint density at radius 2 is 0.545 bits per heavy atom. The van der Waals surface area contributed by atoms with E-state index < -0.39 is 149 Å². The predicted molar refractivity (Wildman–Crippen MR) is 333 cm³/mol. The van der Waals surface area contributed by atoms with Crippen molar-refractivity contribution in [2.24, 2.45) is 5.73 Å². The third kappa shape index (κ3) is 35.1. The van der Waals surface area contributed by atoms with Crippen LogP contribution in [0.4, 0.5) is 0 Å². The van der Waals surface area contributed by atoms with Crippen LogP contribution in [-0.2, 0) is 62.3 Å². The highest BCUT2D eigenvalue weighted by atomic mass is 16.2. The van der Waals surface area contributed by atoms with E-state index in [1.807, 2.05) is 27.7 Å². The minimum atomic E-state index is -1.66. The second-order valence-electron chi connectivity index (χ2n) is 23.7. The largest absolute Gasteiger partial charge is 0.368 e. The number of carbonyl (C=O) groups is 13. The van der Waals surface area contributed by atoms with E-state index in [1.165, 1.54) is 62.3 Å². The summed E-state index contributed by atoms with van der Waals surface area (Å²) in [5, 5.41) is 43.6. The molecule has 4 atom stereocenters. The van der Waals surface area contributed by atoms with Crippen LogP contribution in [-0.4, -0.2) is 202 Å². The molecular weight excluding hydrogens is 1140 g/mol. The Labute approximate surface area is 520 Å². The number of unbranched alkanes of at least 4 members (excludes halogenated alkanes) is 4. The lowest BCUT2D eigenvalue weighted by molar-refractivity contribution is -0.137. The van der Waals surface area contributed by atoms with Crippen LogP contribution in [0.25, 0.3) is 0 Å². The van der Waals surface area contributed by atoms with Crippen LogP contribution in [0.2, 0.25) is 0 Å². The highest BCUT2D eigenvalue weighted by molar-refractivity contribution is 6.00. The zero-order valence-electron chi connectivity index (χ0n) is 54.7. The summed E-state index contributed by atoms with van der Waals surface area (Å²) < 4.78 is 0. The molecule has 18 N–H and O–H groups in total. The SMILES string of the molecule is CCNCCCCC(NC(C)=O)C(=O)NC(C)(C)C(=O)NCC(=O)NC(CCCCNCC)C(=O)NC(C)(C)C(=O)NCC(=O)NC(CCCCNCC)C(=O)NC(C)(C)C(=O)NCC(=O)NC(CCCCNCC)C(=O)NC(C)(C)C(=O)NCC(N)=O. The van der Waals surface area contributed by atoms with Crippen molar-refractivity contribution in [3.8, 4) is 0 Å². The monoisotopic (exact) mass is 1250 g/mol. The molecule has 0 saturated carbocycles. The summed E-state index contributed by atoms with van der Waals surface area (Å²) in [4.78, 5) is 171. The maximum absolute atomic E-state index is 13.9. The smallest absolute Gasteiger partial charge is 0.245 e. The van der Waals surface area contributed by atoms with Crippen molar-refractivity contribution in [3.63, 3.8) is 0 Å². The highest BCUT2D eigenvalue weighted by Gasteiger charge is 2.38. The minimum Gasteiger partial charge on any atom is -0.368 e. The Morgan fingerprint density at radius 1 is 0.330 bits per heavy atom. The molecule has 30 heteroatoms. The van der Waals surface area contributed by atoms with Crippen LogP contribution in [0.15, 0.2) is 0 Å². The van der Waals surface area contributed by atoms with Crippen LogP contribution in [0, 0.1) is 0 Å². The standard InChI is InChI=1S/C58H109N17O13/c1-14-60-30-22-18-26-39(68-38(5)76)47(81)72-56(8,9)52(86)65-35-44(78)70-41(28-20-24-32-62-16-3)49(83)74-58(12,13)54(88)67-37-46(80)71-42(29-21-25-33-63-17-4)50(84)75-57(10,11)53(87)66-36-45(79)69-40(27-19-23-31-61-15-2)48(82)73-55(6,7)51(85)64-34-43(59)77/h39-42,60-63H,14-37H2,1-13H3,(H2,59,77)(H,64,85)(H,65,86)(H,66,87)(H,67,88)(H,68,76)(H,69,79)(H,70,78)(H,71,80)(H,72,81)(H,73,82)(H,74,83)(H,75,84). The van der Waals surface area contributed by atoms with Gasteiger partial charge in [0.25, 0.3) is 0 Å². The molecule has 0 aromatic heterocycles. The minimum absolute atomic E-state index is 0.123. The predicted octanol–water partition coefficient (Wildman–Crippen LogP) is -3.41. The van der Waals surface area contributed by atoms with Crippen LogP contribution >= 0.6 is 0 Å². The molecule has 4 unspecified atom stereocenters. The lowest BCUT2D eigenvalue weighted by Crippen LogP contribution is -2.62. The summed E-state index contributed by atoms with van der Waals surface area (Å²) in [6.45, 7) is 23.6. The van der Waals surface area contributed by atoms with Gasteiger partial charge in [-0.2, -0.15) is 0 Å². The normalized spacial score (nSPS) is 13.0. The lowest BCUT2D eigenvalue weighted by atomic mass is 10.0. The number of nitrogens with two attached hydrogens (primary N) is 1. The second kappa shape index (κ2) is 42.8. The van der Waals surface area contributed by atoms with E-state index in [4.69, 9.17) is 5.73 Å². The molecule has 88 heavy (non-hydrogen) atoms. The molecule has 0 bridgehead atoms. The Morgan fingerprint density at radius 3 is 0.750 bits per heavy atom. The molecule has 0 heterocycles. The van der Waals surface area contributed by atoms with E-state index in [9.17, 15) is 62.3 Å². The molecular formula is C58H109N17O13. The fourth-order valence-corrected chi connectivity index (χ4v) is 8.50. The van der Waals surface area contributed by atoms with Gasteiger partial charge in [0.2, 0.25) is 76.8 Å². The molecule has 504 valence electrons. The summed E-state index contributed by atoms with van der Waals surface area (Å²) in [5.74, 6) is -9.22. The molecule has 30 nitrogen and oxygen atoms in total. The van der Waals surface area contributed by atoms with Crippen molar-refractivity contribution in [3.05, 3.63) is 0 Å². The lowest BCUT2D eigenvalue weighted by Gasteiger charge is -2.29. The first-order valence-electron chi connectivity index (χ1n) is 30.9. The van der Waals surface area contributed by atoms with Gasteiger partial charge < -0.3 is 90.8 Å². The highest BCUT2D eigenvalue weighted by Crippen LogP contribution is 2.12. The van der Waals surface area contributed by atoms with Crippen LogP contribution < -0.4 is 90.8 Å². The van der Waals surface area contributed by atoms with Crippen LogP contribution in [0.1, 0.15) is 167 Å². The third-order valence-electron chi connectivity index (χ3n) is 13.7. The Kier molecular flexibility index (Phi) is 39.3. The van der Waals surface area contributed by atoms with Gasteiger partial charge in [-0.15, -0.1) is 0 Å². The van der Waals surface area contributed by atoms with Gasteiger partial charge in [0.1, 0.15) is 46.3 Å². The van der Waals surface area contributed by atoms with E-state index in [2.05, 4.69) is 85.1 Å². The fraction of sp³-hybridized carbons (Fsp3) is 0.776. The van der Waals surface area contributed by atoms with E-state index in [0.29, 0.717) is 84.1 Å². The summed E-state index contributed by atoms with van der Waals surface area (Å²) in [6, 6.07) is -4.40. The van der Waals surface area contributed by atoms with Gasteiger partial charge >= 0.3 is 0 Å². The Bertz CT molecular complexity index is 2280. The van der Waals surface area contributed by atoms with Gasteiger partial charge in [-0.1, -0.05) is 27.7 Å². The number of primary amides is 1. The number of rotatable bonds is 48. The first-order valence-corrected chi connectivity index (χ1v) is 30.9. The number of hydrogen-bond acceptors (Lipinski definition) is 17. The number of amides is 13.